The van der Waals surface area contributed by atoms with Gasteiger partial charge in [0.1, 0.15) is 0 Å². The van der Waals surface area contributed by atoms with E-state index in [0.717, 1.165) is 11.1 Å². The second kappa shape index (κ2) is 8.31. The summed E-state index contributed by atoms with van der Waals surface area (Å²) in [6.07, 6.45) is 0. The van der Waals surface area contributed by atoms with Crippen LogP contribution in [0.1, 0.15) is 21.5 Å². The number of ether oxygens (including phenoxy) is 2. The number of carbonyl (C=O) groups excluding carboxylic acids is 1. The Labute approximate surface area is 181 Å². The number of sulfonamides is 1. The van der Waals surface area contributed by atoms with Crippen molar-refractivity contribution in [2.75, 3.05) is 18.1 Å². The Hall–Kier alpha value is -3.52. The standard InChI is InChI=1S/C23H22N2O5S/c1-16-3-10-20(11-4-16)31(27,28)25(2)19-8-6-18(7-9-19)23(26)24-14-17-5-12-21-22(13-17)30-15-29-21/h3-13H,14-15H2,1-2H3,(H,24,26). The average Bonchev–Trinajstić information content (AvgIpc) is 3.25. The van der Waals surface area contributed by atoms with Crippen molar-refractivity contribution in [2.45, 2.75) is 18.4 Å². The molecule has 3 aromatic rings. The van der Waals surface area contributed by atoms with Gasteiger partial charge in [-0.25, -0.2) is 8.42 Å². The number of anilines is 1. The van der Waals surface area contributed by atoms with Crippen LogP contribution in [0.3, 0.4) is 0 Å². The Morgan fingerprint density at radius 1 is 0.968 bits per heavy atom. The second-order valence-corrected chi connectivity index (χ2v) is 9.17. The van der Waals surface area contributed by atoms with Crippen LogP contribution >= 0.6 is 0 Å². The molecule has 1 N–H and O–H groups in total. The molecule has 0 spiro atoms. The van der Waals surface area contributed by atoms with Crippen molar-refractivity contribution in [1.29, 1.82) is 0 Å². The highest BCUT2D eigenvalue weighted by atomic mass is 32.2. The highest BCUT2D eigenvalue weighted by Crippen LogP contribution is 2.32. The van der Waals surface area contributed by atoms with Crippen LogP contribution in [0.4, 0.5) is 5.69 Å². The van der Waals surface area contributed by atoms with Gasteiger partial charge in [0.15, 0.2) is 11.5 Å². The number of amides is 1. The third-order valence-electron chi connectivity index (χ3n) is 5.06. The second-order valence-electron chi connectivity index (χ2n) is 7.20. The number of aryl methyl sites for hydroxylation is 1. The van der Waals surface area contributed by atoms with E-state index < -0.39 is 10.0 Å². The van der Waals surface area contributed by atoms with Gasteiger partial charge in [0.2, 0.25) is 6.79 Å². The number of benzene rings is 3. The first-order chi connectivity index (χ1) is 14.8. The van der Waals surface area contributed by atoms with Crippen LogP contribution in [-0.2, 0) is 16.6 Å². The molecule has 0 aromatic heterocycles. The Bertz CT molecular complexity index is 1210. The number of nitrogens with one attached hydrogen (secondary N) is 1. The number of carbonyl (C=O) groups is 1. The zero-order valence-corrected chi connectivity index (χ0v) is 18.0. The molecule has 0 bridgehead atoms. The molecule has 0 saturated heterocycles. The maximum Gasteiger partial charge on any atom is 0.264 e. The monoisotopic (exact) mass is 438 g/mol. The molecular weight excluding hydrogens is 416 g/mol. The van der Waals surface area contributed by atoms with Crippen molar-refractivity contribution in [3.8, 4) is 11.5 Å². The summed E-state index contributed by atoms with van der Waals surface area (Å²) in [5, 5.41) is 2.85. The summed E-state index contributed by atoms with van der Waals surface area (Å²) in [4.78, 5) is 12.7. The fraction of sp³-hybridized carbons (Fsp3) is 0.174. The van der Waals surface area contributed by atoms with Crippen molar-refractivity contribution >= 4 is 21.6 Å². The number of hydrogen-bond donors (Lipinski definition) is 1. The minimum Gasteiger partial charge on any atom is -0.454 e. The van der Waals surface area contributed by atoms with Crippen LogP contribution in [0.2, 0.25) is 0 Å². The molecule has 0 unspecified atom stereocenters. The summed E-state index contributed by atoms with van der Waals surface area (Å²) >= 11 is 0. The lowest BCUT2D eigenvalue weighted by atomic mass is 10.1. The summed E-state index contributed by atoms with van der Waals surface area (Å²) in [6, 6.07) is 18.6. The SMILES string of the molecule is Cc1ccc(S(=O)(=O)N(C)c2ccc(C(=O)NCc3ccc4c(c3)OCO4)cc2)cc1. The van der Waals surface area contributed by atoms with Crippen molar-refractivity contribution in [3.63, 3.8) is 0 Å². The van der Waals surface area contributed by atoms with Crippen LogP contribution in [0, 0.1) is 6.92 Å². The predicted octanol–water partition coefficient (Wildman–Crippen LogP) is 3.48. The zero-order chi connectivity index (χ0) is 22.0. The minimum absolute atomic E-state index is 0.200. The van der Waals surface area contributed by atoms with Crippen LogP contribution in [0.5, 0.6) is 11.5 Å². The van der Waals surface area contributed by atoms with Gasteiger partial charge in [0.25, 0.3) is 15.9 Å². The van der Waals surface area contributed by atoms with Crippen LogP contribution in [0.25, 0.3) is 0 Å². The molecule has 31 heavy (non-hydrogen) atoms. The summed E-state index contributed by atoms with van der Waals surface area (Å²) < 4.78 is 37.5. The number of hydrogen-bond acceptors (Lipinski definition) is 5. The molecule has 1 heterocycles. The fourth-order valence-corrected chi connectivity index (χ4v) is 4.36. The van der Waals surface area contributed by atoms with Gasteiger partial charge in [-0.05, 0) is 61.0 Å². The lowest BCUT2D eigenvalue weighted by Gasteiger charge is -2.20. The molecule has 3 aromatic carbocycles. The van der Waals surface area contributed by atoms with E-state index >= 15 is 0 Å². The lowest BCUT2D eigenvalue weighted by Crippen LogP contribution is -2.27. The van der Waals surface area contributed by atoms with Crippen molar-refractivity contribution in [3.05, 3.63) is 83.4 Å². The first-order valence-corrected chi connectivity index (χ1v) is 11.1. The van der Waals surface area contributed by atoms with E-state index in [0.29, 0.717) is 29.3 Å². The summed E-state index contributed by atoms with van der Waals surface area (Å²) in [5.41, 5.74) is 2.77. The Morgan fingerprint density at radius 3 is 2.35 bits per heavy atom. The maximum atomic E-state index is 12.8. The van der Waals surface area contributed by atoms with Crippen LogP contribution < -0.4 is 19.1 Å². The molecule has 0 fully saturated rings. The normalized spacial score (nSPS) is 12.5. The quantitative estimate of drug-likeness (QED) is 0.637. The smallest absolute Gasteiger partial charge is 0.264 e. The average molecular weight is 439 g/mol. The van der Waals surface area contributed by atoms with E-state index in [1.807, 2.05) is 25.1 Å². The highest BCUT2D eigenvalue weighted by molar-refractivity contribution is 7.92. The van der Waals surface area contributed by atoms with E-state index in [9.17, 15) is 13.2 Å². The molecule has 0 saturated carbocycles. The van der Waals surface area contributed by atoms with Crippen molar-refractivity contribution in [1.82, 2.24) is 5.32 Å². The van der Waals surface area contributed by atoms with Gasteiger partial charge in [-0.2, -0.15) is 0 Å². The van der Waals surface area contributed by atoms with E-state index in [1.54, 1.807) is 48.5 Å². The maximum absolute atomic E-state index is 12.8. The van der Waals surface area contributed by atoms with Gasteiger partial charge >= 0.3 is 0 Å². The summed E-state index contributed by atoms with van der Waals surface area (Å²) in [6.45, 7) is 2.43. The van der Waals surface area contributed by atoms with Gasteiger partial charge in [0, 0.05) is 19.2 Å². The third-order valence-corrected chi connectivity index (χ3v) is 6.86. The van der Waals surface area contributed by atoms with Gasteiger partial charge in [-0.1, -0.05) is 23.8 Å². The Kier molecular flexibility index (Phi) is 5.56. The molecule has 0 radical (unpaired) electrons. The Balaban J connectivity index is 1.42. The molecule has 1 aliphatic heterocycles. The zero-order valence-electron chi connectivity index (χ0n) is 17.2. The fourth-order valence-electron chi connectivity index (χ4n) is 3.17. The topological polar surface area (TPSA) is 84.9 Å². The number of rotatable bonds is 6. The van der Waals surface area contributed by atoms with Gasteiger partial charge in [0.05, 0.1) is 10.6 Å². The minimum atomic E-state index is -3.68. The van der Waals surface area contributed by atoms with E-state index in [4.69, 9.17) is 9.47 Å². The molecule has 160 valence electrons. The van der Waals surface area contributed by atoms with Crippen molar-refractivity contribution in [2.24, 2.45) is 0 Å². The predicted molar refractivity (Wildman–Crippen MR) is 117 cm³/mol. The van der Waals surface area contributed by atoms with Gasteiger partial charge in [-0.15, -0.1) is 0 Å². The van der Waals surface area contributed by atoms with Crippen LogP contribution in [-0.4, -0.2) is 28.2 Å². The van der Waals surface area contributed by atoms with E-state index in [2.05, 4.69) is 5.32 Å². The first kappa shape index (κ1) is 20.7. The first-order valence-electron chi connectivity index (χ1n) is 9.67. The molecule has 0 aliphatic carbocycles. The van der Waals surface area contributed by atoms with Crippen LogP contribution in [0.15, 0.2) is 71.6 Å². The van der Waals surface area contributed by atoms with E-state index in [1.165, 1.54) is 11.4 Å². The van der Waals surface area contributed by atoms with Gasteiger partial charge < -0.3 is 14.8 Å². The number of fused-ring (bicyclic) bond motifs is 1. The van der Waals surface area contributed by atoms with Crippen molar-refractivity contribution < 1.29 is 22.7 Å². The van der Waals surface area contributed by atoms with Gasteiger partial charge in [-0.3, -0.25) is 9.10 Å². The van der Waals surface area contributed by atoms with E-state index in [-0.39, 0.29) is 17.6 Å². The largest absolute Gasteiger partial charge is 0.454 e. The number of nitrogens with zero attached hydrogens (tertiary/aromatic N) is 1. The lowest BCUT2D eigenvalue weighted by molar-refractivity contribution is 0.0951. The molecule has 7 nitrogen and oxygen atoms in total. The molecule has 8 heteroatoms. The highest BCUT2D eigenvalue weighted by Gasteiger charge is 2.21. The molecule has 1 amide bonds. The third kappa shape index (κ3) is 4.34. The summed E-state index contributed by atoms with van der Waals surface area (Å²) in [7, 11) is -2.19. The molecule has 1 aliphatic rings. The molecule has 0 atom stereocenters. The molecular formula is C23H22N2O5S. The summed E-state index contributed by atoms with van der Waals surface area (Å²) in [5.74, 6) is 1.09. The molecule has 4 rings (SSSR count). The Morgan fingerprint density at radius 2 is 1.65 bits per heavy atom.